The molecule has 4 nitrogen and oxygen atoms in total. The zero-order valence-electron chi connectivity index (χ0n) is 10.1. The van der Waals surface area contributed by atoms with E-state index in [-0.39, 0.29) is 12.1 Å². The minimum absolute atomic E-state index is 0.0782. The SMILES string of the molecule is CC(O)CN(C)S(=O)(=O)Cc1ccc(F)cc1F. The van der Waals surface area contributed by atoms with E-state index in [0.717, 1.165) is 16.4 Å². The van der Waals surface area contributed by atoms with Crippen molar-refractivity contribution < 1.29 is 22.3 Å². The van der Waals surface area contributed by atoms with Crippen LogP contribution in [0, 0.1) is 11.6 Å². The molecule has 1 unspecified atom stereocenters. The second kappa shape index (κ2) is 5.73. The average molecular weight is 279 g/mol. The molecule has 0 radical (unpaired) electrons. The van der Waals surface area contributed by atoms with Gasteiger partial charge in [-0.2, -0.15) is 0 Å². The molecular weight excluding hydrogens is 264 g/mol. The number of aliphatic hydroxyl groups is 1. The molecule has 1 atom stereocenters. The Morgan fingerprint density at radius 2 is 2.00 bits per heavy atom. The first kappa shape index (κ1) is 15.0. The number of hydrogen-bond donors (Lipinski definition) is 1. The molecule has 18 heavy (non-hydrogen) atoms. The Kier molecular flexibility index (Phi) is 4.78. The van der Waals surface area contributed by atoms with Crippen LogP contribution in [0.15, 0.2) is 18.2 Å². The van der Waals surface area contributed by atoms with Gasteiger partial charge in [-0.15, -0.1) is 0 Å². The largest absolute Gasteiger partial charge is 0.392 e. The van der Waals surface area contributed by atoms with Gasteiger partial charge in [-0.3, -0.25) is 0 Å². The molecule has 1 N–H and O–H groups in total. The predicted octanol–water partition coefficient (Wildman–Crippen LogP) is 1.11. The summed E-state index contributed by atoms with van der Waals surface area (Å²) in [5.74, 6) is -2.22. The van der Waals surface area contributed by atoms with Crippen LogP contribution in [0.3, 0.4) is 0 Å². The Morgan fingerprint density at radius 3 is 2.50 bits per heavy atom. The molecule has 0 saturated carbocycles. The van der Waals surface area contributed by atoms with Crippen LogP contribution in [0.5, 0.6) is 0 Å². The fourth-order valence-corrected chi connectivity index (χ4v) is 2.72. The van der Waals surface area contributed by atoms with Gasteiger partial charge in [-0.1, -0.05) is 6.07 Å². The first-order valence-electron chi connectivity index (χ1n) is 5.28. The summed E-state index contributed by atoms with van der Waals surface area (Å²) in [7, 11) is -2.44. The molecule has 0 aromatic heterocycles. The molecule has 0 aliphatic heterocycles. The van der Waals surface area contributed by atoms with Gasteiger partial charge in [-0.25, -0.2) is 21.5 Å². The lowest BCUT2D eigenvalue weighted by Gasteiger charge is -2.18. The van der Waals surface area contributed by atoms with Crippen molar-refractivity contribution in [1.29, 1.82) is 0 Å². The predicted molar refractivity (Wildman–Crippen MR) is 63.3 cm³/mol. The molecule has 7 heteroatoms. The maximum absolute atomic E-state index is 13.3. The molecule has 0 spiro atoms. The van der Waals surface area contributed by atoms with Crippen LogP contribution < -0.4 is 0 Å². The maximum Gasteiger partial charge on any atom is 0.218 e. The molecule has 0 bridgehead atoms. The van der Waals surface area contributed by atoms with Gasteiger partial charge in [0.05, 0.1) is 11.9 Å². The topological polar surface area (TPSA) is 57.6 Å². The molecule has 1 aromatic carbocycles. The van der Waals surface area contributed by atoms with Crippen LogP contribution in [-0.4, -0.2) is 37.5 Å². The van der Waals surface area contributed by atoms with E-state index in [1.165, 1.54) is 14.0 Å². The molecule has 1 rings (SSSR count). The Hall–Kier alpha value is -1.05. The van der Waals surface area contributed by atoms with Crippen LogP contribution in [0.2, 0.25) is 0 Å². The first-order chi connectivity index (χ1) is 8.22. The zero-order chi connectivity index (χ0) is 13.9. The molecule has 0 aliphatic rings. The van der Waals surface area contributed by atoms with Gasteiger partial charge >= 0.3 is 0 Å². The number of aliphatic hydroxyl groups excluding tert-OH is 1. The van der Waals surface area contributed by atoms with Crippen molar-refractivity contribution in [2.75, 3.05) is 13.6 Å². The third kappa shape index (κ3) is 4.01. The summed E-state index contributed by atoms with van der Waals surface area (Å²) >= 11 is 0. The van der Waals surface area contributed by atoms with Gasteiger partial charge in [0.25, 0.3) is 0 Å². The Balaban J connectivity index is 2.88. The van der Waals surface area contributed by atoms with Crippen molar-refractivity contribution in [3.63, 3.8) is 0 Å². The molecule has 0 fully saturated rings. The third-order valence-corrected chi connectivity index (χ3v) is 4.12. The second-order valence-corrected chi connectivity index (χ2v) is 6.20. The van der Waals surface area contributed by atoms with Gasteiger partial charge in [0.15, 0.2) is 0 Å². The minimum Gasteiger partial charge on any atom is -0.392 e. The lowest BCUT2D eigenvalue weighted by Crippen LogP contribution is -2.34. The van der Waals surface area contributed by atoms with Crippen LogP contribution in [0.4, 0.5) is 8.78 Å². The van der Waals surface area contributed by atoms with Gasteiger partial charge in [0.1, 0.15) is 11.6 Å². The Morgan fingerprint density at radius 1 is 1.39 bits per heavy atom. The van der Waals surface area contributed by atoms with Crippen LogP contribution in [-0.2, 0) is 15.8 Å². The minimum atomic E-state index is -3.73. The van der Waals surface area contributed by atoms with Gasteiger partial charge < -0.3 is 5.11 Å². The van der Waals surface area contributed by atoms with Crippen molar-refractivity contribution in [3.05, 3.63) is 35.4 Å². The van der Waals surface area contributed by atoms with Crippen LogP contribution >= 0.6 is 0 Å². The number of likely N-dealkylation sites (N-methyl/N-ethyl adjacent to an activating group) is 1. The maximum atomic E-state index is 13.3. The van der Waals surface area contributed by atoms with Crippen molar-refractivity contribution in [3.8, 4) is 0 Å². The smallest absolute Gasteiger partial charge is 0.218 e. The highest BCUT2D eigenvalue weighted by Gasteiger charge is 2.21. The summed E-state index contributed by atoms with van der Waals surface area (Å²) in [6, 6.07) is 2.74. The molecule has 0 saturated heterocycles. The summed E-state index contributed by atoms with van der Waals surface area (Å²) in [6.07, 6.45) is -0.817. The van der Waals surface area contributed by atoms with E-state index in [0.29, 0.717) is 6.07 Å². The summed E-state index contributed by atoms with van der Waals surface area (Å²) in [5, 5.41) is 9.11. The monoisotopic (exact) mass is 279 g/mol. The number of nitrogens with zero attached hydrogens (tertiary/aromatic N) is 1. The highest BCUT2D eigenvalue weighted by molar-refractivity contribution is 7.88. The molecule has 0 heterocycles. The number of benzene rings is 1. The number of sulfonamides is 1. The van der Waals surface area contributed by atoms with E-state index in [2.05, 4.69) is 0 Å². The lowest BCUT2D eigenvalue weighted by atomic mass is 10.2. The molecular formula is C11H15F2NO3S. The summed E-state index contributed by atoms with van der Waals surface area (Å²) in [6.45, 7) is 1.37. The van der Waals surface area contributed by atoms with Crippen molar-refractivity contribution >= 4 is 10.0 Å². The van der Waals surface area contributed by atoms with E-state index in [1.54, 1.807) is 0 Å². The van der Waals surface area contributed by atoms with E-state index < -0.39 is 33.5 Å². The van der Waals surface area contributed by atoms with Gasteiger partial charge in [-0.05, 0) is 13.0 Å². The quantitative estimate of drug-likeness (QED) is 0.878. The van der Waals surface area contributed by atoms with E-state index in [9.17, 15) is 17.2 Å². The second-order valence-electron chi connectivity index (χ2n) is 4.12. The van der Waals surface area contributed by atoms with E-state index in [1.807, 2.05) is 0 Å². The summed E-state index contributed by atoms with van der Waals surface area (Å²) in [4.78, 5) is 0. The Labute approximate surface area is 105 Å². The fourth-order valence-electron chi connectivity index (χ4n) is 1.43. The number of rotatable bonds is 5. The summed E-state index contributed by atoms with van der Waals surface area (Å²) < 4.78 is 50.6. The normalized spacial score (nSPS) is 13.9. The van der Waals surface area contributed by atoms with Crippen molar-refractivity contribution in [2.24, 2.45) is 0 Å². The number of hydrogen-bond acceptors (Lipinski definition) is 3. The third-order valence-electron chi connectivity index (χ3n) is 2.35. The van der Waals surface area contributed by atoms with E-state index in [4.69, 9.17) is 5.11 Å². The molecule has 0 aliphatic carbocycles. The molecule has 0 amide bonds. The van der Waals surface area contributed by atoms with Crippen molar-refractivity contribution in [2.45, 2.75) is 18.8 Å². The lowest BCUT2D eigenvalue weighted by molar-refractivity contribution is 0.171. The standard InChI is InChI=1S/C11H15F2NO3S/c1-8(15)6-14(2)18(16,17)7-9-3-4-10(12)5-11(9)13/h3-5,8,15H,6-7H2,1-2H3. The van der Waals surface area contributed by atoms with Crippen molar-refractivity contribution in [1.82, 2.24) is 4.31 Å². The Bertz CT molecular complexity index is 517. The molecule has 102 valence electrons. The first-order valence-corrected chi connectivity index (χ1v) is 6.89. The molecule has 1 aromatic rings. The average Bonchev–Trinajstić information content (AvgIpc) is 2.21. The summed E-state index contributed by atoms with van der Waals surface area (Å²) in [5.41, 5.74) is -0.103. The highest BCUT2D eigenvalue weighted by atomic mass is 32.2. The van der Waals surface area contributed by atoms with E-state index >= 15 is 0 Å². The van der Waals surface area contributed by atoms with Crippen LogP contribution in [0.1, 0.15) is 12.5 Å². The number of halogens is 2. The zero-order valence-corrected chi connectivity index (χ0v) is 10.9. The fraction of sp³-hybridized carbons (Fsp3) is 0.455. The van der Waals surface area contributed by atoms with Crippen LogP contribution in [0.25, 0.3) is 0 Å². The van der Waals surface area contributed by atoms with Gasteiger partial charge in [0.2, 0.25) is 10.0 Å². The van der Waals surface area contributed by atoms with Gasteiger partial charge in [0, 0.05) is 25.2 Å². The highest BCUT2D eigenvalue weighted by Crippen LogP contribution is 2.15.